The van der Waals surface area contributed by atoms with Gasteiger partial charge in [0.15, 0.2) is 0 Å². The number of rotatable bonds is 6. The molecule has 0 saturated heterocycles. The van der Waals surface area contributed by atoms with E-state index in [1.165, 1.54) is 0 Å². The highest BCUT2D eigenvalue weighted by Crippen LogP contribution is 2.14. The van der Waals surface area contributed by atoms with Crippen molar-refractivity contribution in [2.75, 3.05) is 13.2 Å². The van der Waals surface area contributed by atoms with E-state index >= 15 is 0 Å². The molecular formula is C17H23NO3. The van der Waals surface area contributed by atoms with E-state index in [0.717, 1.165) is 0 Å². The smallest absolute Gasteiger partial charge is 0.333 e. The molecule has 1 N–H and O–H groups in total. The van der Waals surface area contributed by atoms with Crippen molar-refractivity contribution in [3.05, 3.63) is 41.0 Å². The number of hydrogen-bond acceptors (Lipinski definition) is 3. The molecule has 21 heavy (non-hydrogen) atoms. The second-order valence-corrected chi connectivity index (χ2v) is 5.24. The van der Waals surface area contributed by atoms with Gasteiger partial charge in [-0.25, -0.2) is 4.79 Å². The first-order valence-corrected chi connectivity index (χ1v) is 7.18. The van der Waals surface area contributed by atoms with Crippen LogP contribution in [0.15, 0.2) is 29.8 Å². The van der Waals surface area contributed by atoms with E-state index in [-0.39, 0.29) is 11.9 Å². The Morgan fingerprint density at radius 2 is 1.95 bits per heavy atom. The number of esters is 1. The molecule has 4 nitrogen and oxygen atoms in total. The van der Waals surface area contributed by atoms with Crippen LogP contribution in [0.1, 0.15) is 43.6 Å². The zero-order chi connectivity index (χ0) is 15.8. The van der Waals surface area contributed by atoms with Crippen LogP contribution in [0.2, 0.25) is 0 Å². The molecule has 1 rings (SSSR count). The van der Waals surface area contributed by atoms with Gasteiger partial charge >= 0.3 is 5.97 Å². The number of nitrogens with one attached hydrogen (secondary N) is 1. The van der Waals surface area contributed by atoms with E-state index in [4.69, 9.17) is 4.74 Å². The molecule has 0 saturated carbocycles. The molecule has 0 heterocycles. The second kappa shape index (κ2) is 8.25. The third-order valence-electron chi connectivity index (χ3n) is 2.85. The lowest BCUT2D eigenvalue weighted by atomic mass is 10.0. The van der Waals surface area contributed by atoms with Gasteiger partial charge < -0.3 is 10.1 Å². The fourth-order valence-corrected chi connectivity index (χ4v) is 1.76. The molecule has 0 radical (unpaired) electrons. The average Bonchev–Trinajstić information content (AvgIpc) is 2.45. The van der Waals surface area contributed by atoms with E-state index in [2.05, 4.69) is 5.32 Å². The van der Waals surface area contributed by atoms with E-state index in [1.54, 1.807) is 32.1 Å². The quantitative estimate of drug-likeness (QED) is 0.647. The Morgan fingerprint density at radius 3 is 2.57 bits per heavy atom. The SMILES string of the molecule is CCOC(=O)/C(C)=C/c1ccccc1C(=O)NCC(C)C. The molecule has 114 valence electrons. The summed E-state index contributed by atoms with van der Waals surface area (Å²) in [6.45, 7) is 8.47. The Balaban J connectivity index is 2.96. The van der Waals surface area contributed by atoms with Crippen LogP contribution in [-0.2, 0) is 9.53 Å². The first-order chi connectivity index (χ1) is 9.95. The summed E-state index contributed by atoms with van der Waals surface area (Å²) in [7, 11) is 0. The van der Waals surface area contributed by atoms with E-state index < -0.39 is 0 Å². The molecule has 0 fully saturated rings. The monoisotopic (exact) mass is 289 g/mol. The second-order valence-electron chi connectivity index (χ2n) is 5.24. The average molecular weight is 289 g/mol. The van der Waals surface area contributed by atoms with Crippen molar-refractivity contribution in [1.82, 2.24) is 5.32 Å². The van der Waals surface area contributed by atoms with Gasteiger partial charge in [0.25, 0.3) is 5.91 Å². The van der Waals surface area contributed by atoms with Crippen molar-refractivity contribution in [2.45, 2.75) is 27.7 Å². The third kappa shape index (κ3) is 5.42. The Morgan fingerprint density at radius 1 is 1.29 bits per heavy atom. The maximum Gasteiger partial charge on any atom is 0.333 e. The molecule has 0 spiro atoms. The molecule has 0 atom stereocenters. The predicted octanol–water partition coefficient (Wildman–Crippen LogP) is 3.04. The van der Waals surface area contributed by atoms with Crippen LogP contribution in [0.3, 0.4) is 0 Å². The van der Waals surface area contributed by atoms with Gasteiger partial charge in [-0.05, 0) is 37.5 Å². The summed E-state index contributed by atoms with van der Waals surface area (Å²) in [4.78, 5) is 23.8. The van der Waals surface area contributed by atoms with Gasteiger partial charge in [0.2, 0.25) is 0 Å². The minimum absolute atomic E-state index is 0.132. The van der Waals surface area contributed by atoms with Crippen LogP contribution in [0.25, 0.3) is 6.08 Å². The van der Waals surface area contributed by atoms with Crippen LogP contribution in [-0.4, -0.2) is 25.0 Å². The minimum atomic E-state index is -0.366. The Kier molecular flexibility index (Phi) is 6.66. The highest BCUT2D eigenvalue weighted by atomic mass is 16.5. The zero-order valence-corrected chi connectivity index (χ0v) is 13.1. The standard InChI is InChI=1S/C17H23NO3/c1-5-21-17(20)13(4)10-14-8-6-7-9-15(14)16(19)18-11-12(2)3/h6-10,12H,5,11H2,1-4H3,(H,18,19)/b13-10+. The molecule has 1 amide bonds. The lowest BCUT2D eigenvalue weighted by Crippen LogP contribution is -2.27. The Hall–Kier alpha value is -2.10. The van der Waals surface area contributed by atoms with Gasteiger partial charge in [0.05, 0.1) is 6.61 Å². The van der Waals surface area contributed by atoms with Crippen LogP contribution < -0.4 is 5.32 Å². The molecule has 4 heteroatoms. The zero-order valence-electron chi connectivity index (χ0n) is 13.1. The van der Waals surface area contributed by atoms with Crippen molar-refractivity contribution in [2.24, 2.45) is 5.92 Å². The largest absolute Gasteiger partial charge is 0.463 e. The molecule has 1 aromatic rings. The lowest BCUT2D eigenvalue weighted by molar-refractivity contribution is -0.138. The third-order valence-corrected chi connectivity index (χ3v) is 2.85. The van der Waals surface area contributed by atoms with Crippen LogP contribution in [0.4, 0.5) is 0 Å². The molecule has 0 bridgehead atoms. The lowest BCUT2D eigenvalue weighted by Gasteiger charge is -2.10. The topological polar surface area (TPSA) is 55.4 Å². The number of benzene rings is 1. The Bertz CT molecular complexity index is 533. The van der Waals surface area contributed by atoms with Gasteiger partial charge in [0, 0.05) is 17.7 Å². The van der Waals surface area contributed by atoms with Gasteiger partial charge in [-0.1, -0.05) is 32.0 Å². The fraction of sp³-hybridized carbons (Fsp3) is 0.412. The van der Waals surface area contributed by atoms with E-state index in [1.807, 2.05) is 26.0 Å². The number of hydrogen-bond donors (Lipinski definition) is 1. The van der Waals surface area contributed by atoms with E-state index in [9.17, 15) is 9.59 Å². The summed E-state index contributed by atoms with van der Waals surface area (Å²) in [6.07, 6.45) is 1.68. The molecule has 0 aliphatic heterocycles. The molecule has 0 aliphatic rings. The molecular weight excluding hydrogens is 266 g/mol. The van der Waals surface area contributed by atoms with Crippen molar-refractivity contribution in [3.63, 3.8) is 0 Å². The number of carbonyl (C=O) groups excluding carboxylic acids is 2. The number of amides is 1. The van der Waals surface area contributed by atoms with Crippen molar-refractivity contribution in [3.8, 4) is 0 Å². The summed E-state index contributed by atoms with van der Waals surface area (Å²) < 4.78 is 4.95. The summed E-state index contributed by atoms with van der Waals surface area (Å²) >= 11 is 0. The maximum absolute atomic E-state index is 12.2. The van der Waals surface area contributed by atoms with Crippen molar-refractivity contribution >= 4 is 18.0 Å². The van der Waals surface area contributed by atoms with Crippen LogP contribution >= 0.6 is 0 Å². The first kappa shape index (κ1) is 17.0. The maximum atomic E-state index is 12.2. The van der Waals surface area contributed by atoms with E-state index in [0.29, 0.717) is 35.8 Å². The predicted molar refractivity (Wildman–Crippen MR) is 83.9 cm³/mol. The fourth-order valence-electron chi connectivity index (χ4n) is 1.76. The van der Waals surface area contributed by atoms with Gasteiger partial charge in [0.1, 0.15) is 0 Å². The Labute approximate surface area is 126 Å². The summed E-state index contributed by atoms with van der Waals surface area (Å²) in [5, 5.41) is 2.88. The summed E-state index contributed by atoms with van der Waals surface area (Å²) in [6, 6.07) is 7.21. The van der Waals surface area contributed by atoms with Crippen molar-refractivity contribution in [1.29, 1.82) is 0 Å². The summed E-state index contributed by atoms with van der Waals surface area (Å²) in [5.41, 5.74) is 1.74. The molecule has 0 unspecified atom stereocenters. The number of carbonyl (C=O) groups is 2. The highest BCUT2D eigenvalue weighted by Gasteiger charge is 2.11. The molecule has 0 aromatic heterocycles. The van der Waals surface area contributed by atoms with Gasteiger partial charge in [-0.2, -0.15) is 0 Å². The van der Waals surface area contributed by atoms with Gasteiger partial charge in [-0.3, -0.25) is 4.79 Å². The first-order valence-electron chi connectivity index (χ1n) is 7.18. The summed E-state index contributed by atoms with van der Waals surface area (Å²) in [5.74, 6) is -0.111. The highest BCUT2D eigenvalue weighted by molar-refractivity contribution is 6.00. The van der Waals surface area contributed by atoms with Crippen LogP contribution in [0.5, 0.6) is 0 Å². The van der Waals surface area contributed by atoms with Crippen LogP contribution in [0, 0.1) is 5.92 Å². The normalized spacial score (nSPS) is 11.4. The van der Waals surface area contributed by atoms with Crippen molar-refractivity contribution < 1.29 is 14.3 Å². The molecule has 1 aromatic carbocycles. The molecule has 0 aliphatic carbocycles. The minimum Gasteiger partial charge on any atom is -0.463 e. The number of ether oxygens (including phenoxy) is 1. The van der Waals surface area contributed by atoms with Gasteiger partial charge in [-0.15, -0.1) is 0 Å².